The summed E-state index contributed by atoms with van der Waals surface area (Å²) in [5.41, 5.74) is 0. The van der Waals surface area contributed by atoms with Crippen LogP contribution < -0.4 is 0 Å². The van der Waals surface area contributed by atoms with Crippen molar-refractivity contribution in [1.82, 2.24) is 0 Å². The van der Waals surface area contributed by atoms with E-state index in [-0.39, 0.29) is 0 Å². The highest BCUT2D eigenvalue weighted by Gasteiger charge is 2.17. The molecular weight excluding hydrogens is 140 g/mol. The fraction of sp³-hybridized carbons (Fsp3) is 1.00. The number of hydrogen-bond donors (Lipinski definition) is 0. The van der Waals surface area contributed by atoms with Crippen LogP contribution in [-0.4, -0.2) is 25.4 Å². The molecule has 0 radical (unpaired) electrons. The van der Waals surface area contributed by atoms with Gasteiger partial charge in [0.15, 0.2) is 0 Å². The second-order valence-corrected chi connectivity index (χ2v) is 2.66. The average Bonchev–Trinajstić information content (AvgIpc) is 1.88. The van der Waals surface area contributed by atoms with Gasteiger partial charge in [-0.1, -0.05) is 13.8 Å². The van der Waals surface area contributed by atoms with E-state index in [0.29, 0.717) is 12.2 Å². The van der Waals surface area contributed by atoms with Crippen LogP contribution in [0, 0.1) is 0 Å². The summed E-state index contributed by atoms with van der Waals surface area (Å²) in [7, 11) is 0. The van der Waals surface area contributed by atoms with Crippen molar-refractivity contribution < 1.29 is 9.47 Å². The van der Waals surface area contributed by atoms with Crippen LogP contribution in [0.2, 0.25) is 0 Å². The van der Waals surface area contributed by atoms with E-state index in [4.69, 9.17) is 9.47 Å². The van der Waals surface area contributed by atoms with Gasteiger partial charge < -0.3 is 9.47 Å². The van der Waals surface area contributed by atoms with Crippen molar-refractivity contribution >= 4 is 0 Å². The number of rotatable bonds is 3. The highest BCUT2D eigenvalue weighted by Crippen LogP contribution is 2.11. The lowest BCUT2D eigenvalue weighted by Crippen LogP contribution is -2.32. The molecule has 1 aliphatic heterocycles. The van der Waals surface area contributed by atoms with Gasteiger partial charge in [-0.25, -0.2) is 0 Å². The molecule has 0 amide bonds. The van der Waals surface area contributed by atoms with E-state index in [0.717, 1.165) is 13.2 Å². The Hall–Kier alpha value is -0.0800. The van der Waals surface area contributed by atoms with Gasteiger partial charge in [-0.15, -0.1) is 0 Å². The fourth-order valence-electron chi connectivity index (χ4n) is 0.716. The molecular formula is C9H20O2. The Morgan fingerprint density at radius 2 is 2.00 bits per heavy atom. The lowest BCUT2D eigenvalue weighted by Gasteiger charge is -2.26. The first-order valence-electron chi connectivity index (χ1n) is 4.52. The van der Waals surface area contributed by atoms with E-state index in [1.54, 1.807) is 0 Å². The van der Waals surface area contributed by atoms with Gasteiger partial charge >= 0.3 is 0 Å². The molecule has 0 N–H and O–H groups in total. The second-order valence-electron chi connectivity index (χ2n) is 2.66. The predicted octanol–water partition coefficient (Wildman–Crippen LogP) is 2.23. The van der Waals surface area contributed by atoms with Gasteiger partial charge in [-0.2, -0.15) is 0 Å². The molecule has 68 valence electrons. The normalized spacial score (nSPS) is 22.1. The Bertz CT molecular complexity index is 77.6. The first-order valence-corrected chi connectivity index (χ1v) is 4.52. The maximum atomic E-state index is 5.32. The van der Waals surface area contributed by atoms with Crippen LogP contribution in [0.25, 0.3) is 0 Å². The molecule has 1 unspecified atom stereocenters. The highest BCUT2D eigenvalue weighted by atomic mass is 16.5. The third-order valence-electron chi connectivity index (χ3n) is 1.41. The zero-order valence-electron chi connectivity index (χ0n) is 8.09. The van der Waals surface area contributed by atoms with Gasteiger partial charge in [-0.05, 0) is 20.3 Å². The molecule has 0 aromatic rings. The van der Waals surface area contributed by atoms with Gasteiger partial charge in [0.1, 0.15) is 0 Å². The van der Waals surface area contributed by atoms with Gasteiger partial charge in [0.25, 0.3) is 0 Å². The van der Waals surface area contributed by atoms with Crippen LogP contribution in [0.15, 0.2) is 0 Å². The summed E-state index contributed by atoms with van der Waals surface area (Å²) in [5, 5.41) is 0. The molecule has 0 aromatic heterocycles. The van der Waals surface area contributed by atoms with E-state index in [1.165, 1.54) is 6.42 Å². The summed E-state index contributed by atoms with van der Waals surface area (Å²) in [6, 6.07) is 0. The van der Waals surface area contributed by atoms with E-state index >= 15 is 0 Å². The van der Waals surface area contributed by atoms with Crippen LogP contribution >= 0.6 is 0 Å². The maximum absolute atomic E-state index is 5.32. The van der Waals surface area contributed by atoms with Crippen LogP contribution in [-0.2, 0) is 9.47 Å². The Morgan fingerprint density at radius 3 is 2.27 bits per heavy atom. The van der Waals surface area contributed by atoms with E-state index in [1.807, 2.05) is 27.7 Å². The van der Waals surface area contributed by atoms with E-state index < -0.39 is 0 Å². The standard InChI is InChI=1S/C7H14O2.C2H6/c1-6(2)9-5-7-3-4-8-7;1-2/h6-7H,3-5H2,1-2H3;1-2H3. The summed E-state index contributed by atoms with van der Waals surface area (Å²) in [6.07, 6.45) is 1.91. The van der Waals surface area contributed by atoms with Gasteiger partial charge in [0, 0.05) is 6.61 Å². The van der Waals surface area contributed by atoms with Crippen molar-refractivity contribution in [3.05, 3.63) is 0 Å². The van der Waals surface area contributed by atoms with Crippen molar-refractivity contribution in [3.63, 3.8) is 0 Å². The molecule has 1 rings (SSSR count). The maximum Gasteiger partial charge on any atom is 0.0830 e. The van der Waals surface area contributed by atoms with Crippen LogP contribution in [0.5, 0.6) is 0 Å². The van der Waals surface area contributed by atoms with Crippen molar-refractivity contribution in [3.8, 4) is 0 Å². The van der Waals surface area contributed by atoms with Gasteiger partial charge in [0.2, 0.25) is 0 Å². The summed E-state index contributed by atoms with van der Waals surface area (Å²) < 4.78 is 10.5. The molecule has 0 saturated carbocycles. The summed E-state index contributed by atoms with van der Waals surface area (Å²) in [5.74, 6) is 0. The first kappa shape index (κ1) is 10.9. The van der Waals surface area contributed by atoms with Crippen LogP contribution in [0.1, 0.15) is 34.1 Å². The molecule has 0 spiro atoms. The molecule has 1 atom stereocenters. The zero-order valence-corrected chi connectivity index (χ0v) is 8.09. The van der Waals surface area contributed by atoms with Gasteiger partial charge in [0.05, 0.1) is 18.8 Å². The van der Waals surface area contributed by atoms with Crippen LogP contribution in [0.3, 0.4) is 0 Å². The Morgan fingerprint density at radius 1 is 1.45 bits per heavy atom. The number of ether oxygens (including phenoxy) is 2. The molecule has 0 bridgehead atoms. The third kappa shape index (κ3) is 5.22. The monoisotopic (exact) mass is 160 g/mol. The quantitative estimate of drug-likeness (QED) is 0.630. The number of hydrogen-bond acceptors (Lipinski definition) is 2. The summed E-state index contributed by atoms with van der Waals surface area (Å²) in [6.45, 7) is 9.78. The topological polar surface area (TPSA) is 18.5 Å². The Labute approximate surface area is 69.9 Å². The molecule has 1 fully saturated rings. The smallest absolute Gasteiger partial charge is 0.0830 e. The third-order valence-corrected chi connectivity index (χ3v) is 1.41. The van der Waals surface area contributed by atoms with E-state index in [9.17, 15) is 0 Å². The fourth-order valence-corrected chi connectivity index (χ4v) is 0.716. The molecule has 11 heavy (non-hydrogen) atoms. The van der Waals surface area contributed by atoms with Crippen molar-refractivity contribution in [2.24, 2.45) is 0 Å². The highest BCUT2D eigenvalue weighted by molar-refractivity contribution is 4.64. The largest absolute Gasteiger partial charge is 0.376 e. The Balaban J connectivity index is 0.000000461. The average molecular weight is 160 g/mol. The van der Waals surface area contributed by atoms with Crippen molar-refractivity contribution in [1.29, 1.82) is 0 Å². The lowest BCUT2D eigenvalue weighted by molar-refractivity contribution is -0.104. The molecule has 2 nitrogen and oxygen atoms in total. The summed E-state index contributed by atoms with van der Waals surface area (Å²) in [4.78, 5) is 0. The van der Waals surface area contributed by atoms with Gasteiger partial charge in [-0.3, -0.25) is 0 Å². The minimum absolute atomic E-state index is 0.342. The first-order chi connectivity index (χ1) is 5.29. The second kappa shape index (κ2) is 6.62. The molecule has 1 aliphatic rings. The van der Waals surface area contributed by atoms with Crippen molar-refractivity contribution in [2.75, 3.05) is 13.2 Å². The molecule has 2 heteroatoms. The zero-order chi connectivity index (χ0) is 8.69. The lowest BCUT2D eigenvalue weighted by atomic mass is 10.2. The summed E-state index contributed by atoms with van der Waals surface area (Å²) >= 11 is 0. The molecule has 1 saturated heterocycles. The molecule has 0 aromatic carbocycles. The van der Waals surface area contributed by atoms with Crippen molar-refractivity contribution in [2.45, 2.75) is 46.3 Å². The predicted molar refractivity (Wildman–Crippen MR) is 46.8 cm³/mol. The minimum atomic E-state index is 0.342. The molecule has 0 aliphatic carbocycles. The Kier molecular flexibility index (Phi) is 6.57. The SMILES string of the molecule is CC.CC(C)OCC1CCO1. The van der Waals surface area contributed by atoms with Crippen LogP contribution in [0.4, 0.5) is 0 Å². The van der Waals surface area contributed by atoms with E-state index in [2.05, 4.69) is 0 Å². The minimum Gasteiger partial charge on any atom is -0.376 e. The molecule has 1 heterocycles.